The Morgan fingerprint density at radius 2 is 1.61 bits per heavy atom. The van der Waals surface area contributed by atoms with Crippen molar-refractivity contribution < 1.29 is 23.4 Å². The van der Waals surface area contributed by atoms with Gasteiger partial charge in [0.2, 0.25) is 17.5 Å². The predicted octanol–water partition coefficient (Wildman–Crippen LogP) is 5.19. The molecular weight excluding hydrogens is 465 g/mol. The van der Waals surface area contributed by atoms with Crippen LogP contribution < -0.4 is 19.5 Å². The van der Waals surface area contributed by atoms with Crippen LogP contribution in [0.5, 0.6) is 17.2 Å². The second-order valence-corrected chi connectivity index (χ2v) is 8.36. The van der Waals surface area contributed by atoms with E-state index in [-0.39, 0.29) is 17.0 Å². The summed E-state index contributed by atoms with van der Waals surface area (Å²) in [6, 6.07) is 8.20. The molecular formula is C20H19Cl2N3O5S. The highest BCUT2D eigenvalue weighted by atomic mass is 35.5. The molecule has 0 aliphatic rings. The molecule has 1 atom stereocenters. The average molecular weight is 484 g/mol. The van der Waals surface area contributed by atoms with Crippen LogP contribution in [0.2, 0.25) is 10.0 Å². The number of halogens is 2. The van der Waals surface area contributed by atoms with Gasteiger partial charge in [-0.15, -0.1) is 10.2 Å². The minimum Gasteiger partial charge on any atom is -0.493 e. The summed E-state index contributed by atoms with van der Waals surface area (Å²) in [6.07, 6.45) is 0. The fraction of sp³-hybridized carbons (Fsp3) is 0.250. The van der Waals surface area contributed by atoms with E-state index in [1.807, 2.05) is 0 Å². The standard InChI is InChI=1S/C20H19Cl2N3O5S/c1-10(18(26)23-14-8-12(21)7-13(22)9-14)31-20-25-24-19(30-20)11-5-15(27-2)17(29-4)16(6-11)28-3/h5-10H,1-4H3,(H,23,26). The van der Waals surface area contributed by atoms with Crippen molar-refractivity contribution in [2.24, 2.45) is 0 Å². The Hall–Kier alpha value is -2.62. The maximum Gasteiger partial charge on any atom is 0.277 e. The number of nitrogens with one attached hydrogen (secondary N) is 1. The number of methoxy groups -OCH3 is 3. The molecule has 164 valence electrons. The number of hydrogen-bond acceptors (Lipinski definition) is 8. The highest BCUT2D eigenvalue weighted by molar-refractivity contribution is 8.00. The highest BCUT2D eigenvalue weighted by Gasteiger charge is 2.21. The Balaban J connectivity index is 1.74. The molecule has 0 saturated carbocycles. The lowest BCUT2D eigenvalue weighted by molar-refractivity contribution is -0.115. The third kappa shape index (κ3) is 5.55. The van der Waals surface area contributed by atoms with Crippen LogP contribution in [0.4, 0.5) is 5.69 Å². The molecule has 0 bridgehead atoms. The van der Waals surface area contributed by atoms with Gasteiger partial charge in [-0.1, -0.05) is 35.0 Å². The van der Waals surface area contributed by atoms with E-state index in [0.717, 1.165) is 11.8 Å². The van der Waals surface area contributed by atoms with Gasteiger partial charge in [0.05, 0.1) is 26.6 Å². The number of anilines is 1. The third-order valence-electron chi connectivity index (χ3n) is 4.10. The monoisotopic (exact) mass is 483 g/mol. The zero-order chi connectivity index (χ0) is 22.5. The number of hydrogen-bond donors (Lipinski definition) is 1. The van der Waals surface area contributed by atoms with Gasteiger partial charge in [0, 0.05) is 21.3 Å². The SMILES string of the molecule is COc1cc(-c2nnc(SC(C)C(=O)Nc3cc(Cl)cc(Cl)c3)o2)cc(OC)c1OC. The van der Waals surface area contributed by atoms with Crippen LogP contribution >= 0.6 is 35.0 Å². The number of rotatable bonds is 8. The molecule has 11 heteroatoms. The molecule has 0 radical (unpaired) electrons. The minimum absolute atomic E-state index is 0.232. The van der Waals surface area contributed by atoms with Crippen molar-refractivity contribution in [3.05, 3.63) is 40.4 Å². The topological polar surface area (TPSA) is 95.7 Å². The summed E-state index contributed by atoms with van der Waals surface area (Å²) < 4.78 is 21.7. The molecule has 0 aliphatic carbocycles. The van der Waals surface area contributed by atoms with Gasteiger partial charge in [-0.2, -0.15) is 0 Å². The molecule has 3 aromatic rings. The number of carbonyl (C=O) groups excluding carboxylic acids is 1. The molecule has 2 aromatic carbocycles. The fourth-order valence-corrected chi connectivity index (χ4v) is 3.86. The van der Waals surface area contributed by atoms with Crippen molar-refractivity contribution >= 4 is 46.6 Å². The van der Waals surface area contributed by atoms with Gasteiger partial charge in [0.25, 0.3) is 5.22 Å². The van der Waals surface area contributed by atoms with E-state index < -0.39 is 5.25 Å². The van der Waals surface area contributed by atoms with Gasteiger partial charge in [0.15, 0.2) is 11.5 Å². The molecule has 1 heterocycles. The number of ether oxygens (including phenoxy) is 3. The summed E-state index contributed by atoms with van der Waals surface area (Å²) in [4.78, 5) is 12.5. The van der Waals surface area contributed by atoms with Crippen LogP contribution in [0, 0.1) is 0 Å². The molecule has 0 fully saturated rings. The second kappa shape index (κ2) is 10.1. The molecule has 3 rings (SSSR count). The molecule has 0 saturated heterocycles. The van der Waals surface area contributed by atoms with E-state index in [4.69, 9.17) is 41.8 Å². The smallest absolute Gasteiger partial charge is 0.277 e. The Labute approximate surface area is 193 Å². The summed E-state index contributed by atoms with van der Waals surface area (Å²) in [7, 11) is 4.55. The molecule has 0 spiro atoms. The van der Waals surface area contributed by atoms with Crippen LogP contribution in [0.1, 0.15) is 6.92 Å². The van der Waals surface area contributed by atoms with Crippen molar-refractivity contribution in [1.82, 2.24) is 10.2 Å². The van der Waals surface area contributed by atoms with Crippen molar-refractivity contribution in [1.29, 1.82) is 0 Å². The van der Waals surface area contributed by atoms with Gasteiger partial charge < -0.3 is 23.9 Å². The molecule has 31 heavy (non-hydrogen) atoms. The third-order valence-corrected chi connectivity index (χ3v) is 5.47. The fourth-order valence-electron chi connectivity index (χ4n) is 2.65. The van der Waals surface area contributed by atoms with Gasteiger partial charge in [-0.05, 0) is 37.3 Å². The lowest BCUT2D eigenvalue weighted by Gasteiger charge is -2.12. The highest BCUT2D eigenvalue weighted by Crippen LogP contribution is 2.41. The van der Waals surface area contributed by atoms with Crippen LogP contribution in [0.25, 0.3) is 11.5 Å². The normalized spacial score (nSPS) is 11.7. The van der Waals surface area contributed by atoms with E-state index in [0.29, 0.717) is 38.5 Å². The quantitative estimate of drug-likeness (QED) is 0.437. The molecule has 1 unspecified atom stereocenters. The predicted molar refractivity (Wildman–Crippen MR) is 120 cm³/mol. The first-order valence-electron chi connectivity index (χ1n) is 8.92. The zero-order valence-electron chi connectivity index (χ0n) is 17.1. The molecule has 1 aromatic heterocycles. The van der Waals surface area contributed by atoms with Crippen molar-refractivity contribution in [3.8, 4) is 28.7 Å². The first-order valence-corrected chi connectivity index (χ1v) is 10.6. The Bertz CT molecular complexity index is 1050. The number of carbonyl (C=O) groups is 1. The molecule has 0 aliphatic heterocycles. The largest absolute Gasteiger partial charge is 0.493 e. The van der Waals surface area contributed by atoms with Crippen molar-refractivity contribution in [2.75, 3.05) is 26.6 Å². The van der Waals surface area contributed by atoms with Crippen molar-refractivity contribution in [3.63, 3.8) is 0 Å². The van der Waals surface area contributed by atoms with E-state index in [1.54, 1.807) is 37.3 Å². The van der Waals surface area contributed by atoms with Crippen molar-refractivity contribution in [2.45, 2.75) is 17.4 Å². The lowest BCUT2D eigenvalue weighted by atomic mass is 10.2. The van der Waals surface area contributed by atoms with E-state index >= 15 is 0 Å². The van der Waals surface area contributed by atoms with Gasteiger partial charge in [-0.3, -0.25) is 4.79 Å². The second-order valence-electron chi connectivity index (χ2n) is 6.19. The number of benzene rings is 2. The first kappa shape index (κ1) is 23.1. The minimum atomic E-state index is -0.522. The summed E-state index contributed by atoms with van der Waals surface area (Å²) in [6.45, 7) is 1.72. The van der Waals surface area contributed by atoms with Crippen LogP contribution in [-0.4, -0.2) is 42.7 Å². The van der Waals surface area contributed by atoms with Crippen LogP contribution in [0.3, 0.4) is 0 Å². The summed E-state index contributed by atoms with van der Waals surface area (Å²) in [5.41, 5.74) is 1.08. The Morgan fingerprint density at radius 3 is 2.16 bits per heavy atom. The molecule has 8 nitrogen and oxygen atoms in total. The first-order chi connectivity index (χ1) is 14.8. The zero-order valence-corrected chi connectivity index (χ0v) is 19.4. The number of nitrogens with zero attached hydrogens (tertiary/aromatic N) is 2. The average Bonchev–Trinajstić information content (AvgIpc) is 3.20. The van der Waals surface area contributed by atoms with E-state index in [2.05, 4.69) is 15.5 Å². The van der Waals surface area contributed by atoms with E-state index in [1.165, 1.54) is 21.3 Å². The maximum absolute atomic E-state index is 12.5. The maximum atomic E-state index is 12.5. The number of amides is 1. The van der Waals surface area contributed by atoms with Crippen LogP contribution in [0.15, 0.2) is 40.0 Å². The lowest BCUT2D eigenvalue weighted by Crippen LogP contribution is -2.22. The van der Waals surface area contributed by atoms with E-state index in [9.17, 15) is 4.79 Å². The Morgan fingerprint density at radius 1 is 1.00 bits per heavy atom. The number of aromatic nitrogens is 2. The summed E-state index contributed by atoms with van der Waals surface area (Å²) in [5, 5.41) is 11.4. The summed E-state index contributed by atoms with van der Waals surface area (Å²) >= 11 is 13.0. The van der Waals surface area contributed by atoms with Crippen LogP contribution in [-0.2, 0) is 4.79 Å². The molecule has 1 amide bonds. The van der Waals surface area contributed by atoms with Gasteiger partial charge in [-0.25, -0.2) is 0 Å². The Kier molecular flexibility index (Phi) is 7.53. The van der Waals surface area contributed by atoms with Gasteiger partial charge in [0.1, 0.15) is 0 Å². The molecule has 1 N–H and O–H groups in total. The summed E-state index contributed by atoms with van der Waals surface area (Å²) in [5.74, 6) is 1.34. The number of thioether (sulfide) groups is 1. The van der Waals surface area contributed by atoms with Gasteiger partial charge >= 0.3 is 0 Å².